The number of rotatable bonds is 8. The third-order valence-electron chi connectivity index (χ3n) is 5.10. The quantitative estimate of drug-likeness (QED) is 0.731. The molecule has 2 heterocycles. The second kappa shape index (κ2) is 9.71. The van der Waals surface area contributed by atoms with Crippen LogP contribution in [-0.2, 0) is 20.9 Å². The third-order valence-corrected chi connectivity index (χ3v) is 5.10. The van der Waals surface area contributed by atoms with Crippen LogP contribution in [0.25, 0.3) is 0 Å². The zero-order valence-corrected chi connectivity index (χ0v) is 16.0. The van der Waals surface area contributed by atoms with Crippen molar-refractivity contribution in [2.24, 2.45) is 5.92 Å². The van der Waals surface area contributed by atoms with Crippen LogP contribution in [-0.4, -0.2) is 74.2 Å². The summed E-state index contributed by atoms with van der Waals surface area (Å²) in [6.07, 6.45) is 0.294. The van der Waals surface area contributed by atoms with Crippen molar-refractivity contribution in [2.45, 2.75) is 19.9 Å². The van der Waals surface area contributed by atoms with Crippen molar-refractivity contribution >= 4 is 11.8 Å². The van der Waals surface area contributed by atoms with Crippen LogP contribution in [0.5, 0.6) is 5.75 Å². The minimum atomic E-state index is -0.276. The molecule has 2 fully saturated rings. The van der Waals surface area contributed by atoms with Crippen molar-refractivity contribution in [1.82, 2.24) is 15.1 Å². The van der Waals surface area contributed by atoms with Gasteiger partial charge in [-0.2, -0.15) is 0 Å². The molecule has 148 valence electrons. The van der Waals surface area contributed by atoms with Gasteiger partial charge in [0.25, 0.3) is 0 Å². The van der Waals surface area contributed by atoms with E-state index in [4.69, 9.17) is 9.47 Å². The van der Waals surface area contributed by atoms with Crippen molar-refractivity contribution in [3.63, 3.8) is 0 Å². The van der Waals surface area contributed by atoms with Gasteiger partial charge in [-0.1, -0.05) is 18.2 Å². The molecule has 2 aliphatic rings. The minimum absolute atomic E-state index is 0.0662. The topological polar surface area (TPSA) is 71.1 Å². The number of ether oxygens (including phenoxy) is 2. The van der Waals surface area contributed by atoms with Gasteiger partial charge in [0.2, 0.25) is 11.8 Å². The first-order chi connectivity index (χ1) is 13.2. The molecule has 7 heteroatoms. The smallest absolute Gasteiger partial charge is 0.225 e. The summed E-state index contributed by atoms with van der Waals surface area (Å²) in [6, 6.07) is 7.69. The maximum Gasteiger partial charge on any atom is 0.225 e. The summed E-state index contributed by atoms with van der Waals surface area (Å²) in [7, 11) is 0. The van der Waals surface area contributed by atoms with E-state index in [0.717, 1.165) is 44.2 Å². The second-order valence-corrected chi connectivity index (χ2v) is 6.95. The summed E-state index contributed by atoms with van der Waals surface area (Å²) in [5.74, 6) is 0.512. The number of carbonyl (C=O) groups excluding carboxylic acids is 2. The maximum atomic E-state index is 12.5. The van der Waals surface area contributed by atoms with E-state index in [1.807, 2.05) is 36.1 Å². The van der Waals surface area contributed by atoms with E-state index in [1.54, 1.807) is 0 Å². The molecule has 1 N–H and O–H groups in total. The third kappa shape index (κ3) is 5.43. The Labute approximate surface area is 160 Å². The number of hydrogen-bond acceptors (Lipinski definition) is 5. The number of morpholine rings is 1. The molecule has 1 aromatic rings. The van der Waals surface area contributed by atoms with Gasteiger partial charge in [-0.05, 0) is 13.0 Å². The van der Waals surface area contributed by atoms with E-state index in [9.17, 15) is 9.59 Å². The first-order valence-corrected chi connectivity index (χ1v) is 9.73. The Bertz CT molecular complexity index is 646. The molecule has 0 aliphatic carbocycles. The number of nitrogens with one attached hydrogen (secondary N) is 1. The van der Waals surface area contributed by atoms with E-state index >= 15 is 0 Å². The monoisotopic (exact) mass is 375 g/mol. The highest BCUT2D eigenvalue weighted by Crippen LogP contribution is 2.20. The number of para-hydroxylation sites is 1. The fourth-order valence-corrected chi connectivity index (χ4v) is 3.52. The molecule has 2 aliphatic heterocycles. The summed E-state index contributed by atoms with van der Waals surface area (Å²) < 4.78 is 10.9. The van der Waals surface area contributed by atoms with Crippen LogP contribution in [0.3, 0.4) is 0 Å². The van der Waals surface area contributed by atoms with Crippen molar-refractivity contribution in [2.75, 3.05) is 52.5 Å². The summed E-state index contributed by atoms with van der Waals surface area (Å²) in [5.41, 5.74) is 0.946. The zero-order valence-electron chi connectivity index (χ0n) is 16.0. The van der Waals surface area contributed by atoms with Crippen LogP contribution >= 0.6 is 0 Å². The van der Waals surface area contributed by atoms with Crippen LogP contribution in [0, 0.1) is 5.92 Å². The van der Waals surface area contributed by atoms with E-state index in [2.05, 4.69) is 10.2 Å². The average molecular weight is 375 g/mol. The van der Waals surface area contributed by atoms with Crippen LogP contribution in [0.15, 0.2) is 24.3 Å². The van der Waals surface area contributed by atoms with E-state index < -0.39 is 0 Å². The van der Waals surface area contributed by atoms with Crippen LogP contribution < -0.4 is 10.1 Å². The average Bonchev–Trinajstić information content (AvgIpc) is 3.07. The Balaban J connectivity index is 1.46. The molecule has 27 heavy (non-hydrogen) atoms. The highest BCUT2D eigenvalue weighted by molar-refractivity contribution is 5.89. The van der Waals surface area contributed by atoms with E-state index in [0.29, 0.717) is 32.7 Å². The lowest BCUT2D eigenvalue weighted by atomic mass is 10.1. The highest BCUT2D eigenvalue weighted by atomic mass is 16.5. The van der Waals surface area contributed by atoms with Gasteiger partial charge in [0.15, 0.2) is 0 Å². The first kappa shape index (κ1) is 19.6. The molecule has 2 amide bonds. The Morgan fingerprint density at radius 1 is 1.26 bits per heavy atom. The van der Waals surface area contributed by atoms with E-state index in [1.165, 1.54) is 0 Å². The van der Waals surface area contributed by atoms with Gasteiger partial charge in [-0.15, -0.1) is 0 Å². The summed E-state index contributed by atoms with van der Waals surface area (Å²) in [4.78, 5) is 28.9. The summed E-state index contributed by atoms with van der Waals surface area (Å²) in [6.45, 7) is 8.27. The van der Waals surface area contributed by atoms with Gasteiger partial charge in [-0.3, -0.25) is 14.5 Å². The number of nitrogens with zero attached hydrogens (tertiary/aromatic N) is 2. The van der Waals surface area contributed by atoms with Crippen molar-refractivity contribution in [1.29, 1.82) is 0 Å². The molecule has 3 rings (SSSR count). The molecule has 0 saturated carbocycles. The lowest BCUT2D eigenvalue weighted by Crippen LogP contribution is -2.42. The Morgan fingerprint density at radius 3 is 2.81 bits per heavy atom. The summed E-state index contributed by atoms with van der Waals surface area (Å²) in [5, 5.41) is 2.96. The van der Waals surface area contributed by atoms with Gasteiger partial charge in [0.05, 0.1) is 25.7 Å². The first-order valence-electron chi connectivity index (χ1n) is 9.73. The molecule has 1 aromatic carbocycles. The molecule has 1 atom stereocenters. The predicted molar refractivity (Wildman–Crippen MR) is 101 cm³/mol. The predicted octanol–water partition coefficient (Wildman–Crippen LogP) is 0.882. The standard InChI is InChI=1S/C20H29N3O4/c1-2-27-18-6-4-3-5-16(18)14-21-20(25)17-13-19(24)23(15-17)8-7-22-9-11-26-12-10-22/h3-6,17H,2,7-15H2,1H3,(H,21,25)/t17-/m0/s1. The minimum Gasteiger partial charge on any atom is -0.494 e. The van der Waals surface area contributed by atoms with Gasteiger partial charge in [0.1, 0.15) is 5.75 Å². The molecule has 0 bridgehead atoms. The Morgan fingerprint density at radius 2 is 2.04 bits per heavy atom. The molecule has 0 spiro atoms. The van der Waals surface area contributed by atoms with Crippen LogP contribution in [0.1, 0.15) is 18.9 Å². The molecular weight excluding hydrogens is 346 g/mol. The molecule has 7 nitrogen and oxygen atoms in total. The van der Waals surface area contributed by atoms with E-state index in [-0.39, 0.29) is 17.7 Å². The number of likely N-dealkylation sites (tertiary alicyclic amines) is 1. The lowest BCUT2D eigenvalue weighted by molar-refractivity contribution is -0.129. The van der Waals surface area contributed by atoms with Crippen LogP contribution in [0.2, 0.25) is 0 Å². The van der Waals surface area contributed by atoms with Crippen molar-refractivity contribution in [3.05, 3.63) is 29.8 Å². The molecular formula is C20H29N3O4. The molecule has 0 unspecified atom stereocenters. The molecule has 0 radical (unpaired) electrons. The second-order valence-electron chi connectivity index (χ2n) is 6.95. The van der Waals surface area contributed by atoms with Gasteiger partial charge >= 0.3 is 0 Å². The molecule has 0 aromatic heterocycles. The zero-order chi connectivity index (χ0) is 19.1. The molecule has 2 saturated heterocycles. The van der Waals surface area contributed by atoms with Gasteiger partial charge in [-0.25, -0.2) is 0 Å². The Kier molecular flexibility index (Phi) is 7.06. The number of benzene rings is 1. The van der Waals surface area contributed by atoms with Crippen molar-refractivity contribution in [3.8, 4) is 5.75 Å². The van der Waals surface area contributed by atoms with Gasteiger partial charge in [0, 0.05) is 51.3 Å². The van der Waals surface area contributed by atoms with Crippen LogP contribution in [0.4, 0.5) is 0 Å². The fraction of sp³-hybridized carbons (Fsp3) is 0.600. The Hall–Kier alpha value is -2.12. The fourth-order valence-electron chi connectivity index (χ4n) is 3.52. The maximum absolute atomic E-state index is 12.5. The number of hydrogen-bond donors (Lipinski definition) is 1. The number of amides is 2. The summed E-state index contributed by atoms with van der Waals surface area (Å²) >= 11 is 0. The largest absolute Gasteiger partial charge is 0.494 e. The van der Waals surface area contributed by atoms with Gasteiger partial charge < -0.3 is 19.7 Å². The lowest BCUT2D eigenvalue weighted by Gasteiger charge is -2.28. The van der Waals surface area contributed by atoms with Crippen molar-refractivity contribution < 1.29 is 19.1 Å². The SMILES string of the molecule is CCOc1ccccc1CNC(=O)[C@H]1CC(=O)N(CCN2CCOCC2)C1. The number of carbonyl (C=O) groups is 2. The normalized spacial score (nSPS) is 20.7. The highest BCUT2D eigenvalue weighted by Gasteiger charge is 2.34.